The number of amides is 1. The number of carbonyl (C=O) groups excluding carboxylic acids is 1. The number of benzene rings is 1. The van der Waals surface area contributed by atoms with Crippen molar-refractivity contribution in [2.45, 2.75) is 17.1 Å². The topological polar surface area (TPSA) is 104 Å². The van der Waals surface area contributed by atoms with Gasteiger partial charge in [-0.25, -0.2) is 16.8 Å². The number of likely N-dealkylation sites (N-methyl/N-ethyl adjacent to an activating group) is 1. The Morgan fingerprint density at radius 1 is 1.04 bits per heavy atom. The van der Waals surface area contributed by atoms with Crippen molar-refractivity contribution < 1.29 is 21.6 Å². The Labute approximate surface area is 148 Å². The Morgan fingerprint density at radius 3 is 2.04 bits per heavy atom. The third-order valence-corrected chi connectivity index (χ3v) is 7.64. The number of hydrogen-bond acceptors (Lipinski definition) is 6. The predicted molar refractivity (Wildman–Crippen MR) is 95.6 cm³/mol. The number of anilines is 1. The maximum Gasteiger partial charge on any atom is 0.243 e. The molecule has 1 aliphatic heterocycles. The molecule has 1 N–H and O–H groups in total. The monoisotopic (exact) mass is 389 g/mol. The molecule has 0 bridgehead atoms. The molecule has 1 aromatic carbocycles. The molecule has 1 fully saturated rings. The van der Waals surface area contributed by atoms with Gasteiger partial charge in [-0.15, -0.1) is 0 Å². The number of piperazine rings is 1. The first kappa shape index (κ1) is 19.8. The van der Waals surface area contributed by atoms with Gasteiger partial charge in [-0.1, -0.05) is 0 Å². The lowest BCUT2D eigenvalue weighted by Crippen LogP contribution is -2.46. The Bertz CT molecular complexity index is 826. The van der Waals surface area contributed by atoms with Gasteiger partial charge in [0.05, 0.1) is 4.90 Å². The van der Waals surface area contributed by atoms with Crippen molar-refractivity contribution in [1.29, 1.82) is 0 Å². The van der Waals surface area contributed by atoms with Gasteiger partial charge in [-0.2, -0.15) is 4.31 Å². The van der Waals surface area contributed by atoms with Crippen LogP contribution in [-0.2, 0) is 24.7 Å². The summed E-state index contributed by atoms with van der Waals surface area (Å²) in [6.07, 6.45) is 0.989. The standard InChI is InChI=1S/C15H23N3O5S2/c1-12(24(3,20)21)15(19)16-13-4-6-14(7-5-13)25(22,23)18-10-8-17(2)9-11-18/h4-7,12H,8-11H2,1-3H3,(H,16,19). The molecule has 0 aromatic heterocycles. The summed E-state index contributed by atoms with van der Waals surface area (Å²) in [6.45, 7) is 3.52. The summed E-state index contributed by atoms with van der Waals surface area (Å²) >= 11 is 0. The van der Waals surface area contributed by atoms with Crippen molar-refractivity contribution in [1.82, 2.24) is 9.21 Å². The van der Waals surface area contributed by atoms with Gasteiger partial charge in [-0.05, 0) is 38.2 Å². The molecule has 25 heavy (non-hydrogen) atoms. The van der Waals surface area contributed by atoms with Crippen molar-refractivity contribution in [3.8, 4) is 0 Å². The Kier molecular flexibility index (Phi) is 5.87. The van der Waals surface area contributed by atoms with Crippen LogP contribution in [0.1, 0.15) is 6.92 Å². The van der Waals surface area contributed by atoms with Crippen LogP contribution in [0.25, 0.3) is 0 Å². The van der Waals surface area contributed by atoms with Gasteiger partial charge < -0.3 is 10.2 Å². The lowest BCUT2D eigenvalue weighted by Gasteiger charge is -2.31. The van der Waals surface area contributed by atoms with E-state index in [4.69, 9.17) is 0 Å². The van der Waals surface area contributed by atoms with E-state index in [1.165, 1.54) is 35.5 Å². The van der Waals surface area contributed by atoms with Gasteiger partial charge in [0, 0.05) is 38.1 Å². The molecule has 140 valence electrons. The van der Waals surface area contributed by atoms with E-state index in [0.717, 1.165) is 6.26 Å². The van der Waals surface area contributed by atoms with E-state index in [1.54, 1.807) is 0 Å². The van der Waals surface area contributed by atoms with Gasteiger partial charge in [-0.3, -0.25) is 4.79 Å². The van der Waals surface area contributed by atoms with Gasteiger partial charge in [0.15, 0.2) is 9.84 Å². The normalized spacial score (nSPS) is 18.7. The molecule has 1 aliphatic rings. The zero-order valence-corrected chi connectivity index (χ0v) is 16.1. The molecular weight excluding hydrogens is 366 g/mol. The molecular formula is C15H23N3O5S2. The molecule has 0 saturated carbocycles. The molecule has 1 aromatic rings. The zero-order chi connectivity index (χ0) is 18.8. The third-order valence-electron chi connectivity index (χ3n) is 4.23. The molecule has 0 spiro atoms. The molecule has 1 heterocycles. The first-order chi connectivity index (χ1) is 11.5. The SMILES string of the molecule is CC(C(=O)Nc1ccc(S(=O)(=O)N2CCN(C)CC2)cc1)S(C)(=O)=O. The van der Waals surface area contributed by atoms with E-state index in [2.05, 4.69) is 10.2 Å². The first-order valence-corrected chi connectivity index (χ1v) is 11.2. The van der Waals surface area contributed by atoms with Gasteiger partial charge >= 0.3 is 0 Å². The second-order valence-corrected chi connectivity index (χ2v) is 10.5. The summed E-state index contributed by atoms with van der Waals surface area (Å²) in [7, 11) is -5.12. The average molecular weight is 389 g/mol. The molecule has 1 saturated heterocycles. The molecule has 2 rings (SSSR count). The maximum absolute atomic E-state index is 12.6. The quantitative estimate of drug-likeness (QED) is 0.760. The van der Waals surface area contributed by atoms with Crippen LogP contribution in [-0.4, -0.2) is 76.7 Å². The number of sulfonamides is 1. The van der Waals surface area contributed by atoms with Gasteiger partial charge in [0.25, 0.3) is 0 Å². The van der Waals surface area contributed by atoms with E-state index in [-0.39, 0.29) is 4.90 Å². The van der Waals surface area contributed by atoms with Crippen LogP contribution in [0.3, 0.4) is 0 Å². The summed E-state index contributed by atoms with van der Waals surface area (Å²) in [5.41, 5.74) is 0.345. The highest BCUT2D eigenvalue weighted by atomic mass is 32.2. The largest absolute Gasteiger partial charge is 0.325 e. The molecule has 1 amide bonds. The summed E-state index contributed by atoms with van der Waals surface area (Å²) in [6, 6.07) is 5.73. The van der Waals surface area contributed by atoms with E-state index < -0.39 is 31.0 Å². The van der Waals surface area contributed by atoms with Crippen molar-refractivity contribution >= 4 is 31.5 Å². The first-order valence-electron chi connectivity index (χ1n) is 7.80. The number of nitrogens with one attached hydrogen (secondary N) is 1. The van der Waals surface area contributed by atoms with Crippen LogP contribution >= 0.6 is 0 Å². The Morgan fingerprint density at radius 2 is 1.56 bits per heavy atom. The van der Waals surface area contributed by atoms with E-state index in [0.29, 0.717) is 31.9 Å². The average Bonchev–Trinajstić information content (AvgIpc) is 2.54. The second-order valence-electron chi connectivity index (χ2n) is 6.19. The van der Waals surface area contributed by atoms with Crippen molar-refractivity contribution in [2.24, 2.45) is 0 Å². The van der Waals surface area contributed by atoms with Crippen LogP contribution in [0.15, 0.2) is 29.2 Å². The highest BCUT2D eigenvalue weighted by molar-refractivity contribution is 7.92. The molecule has 1 atom stereocenters. The second kappa shape index (κ2) is 7.40. The van der Waals surface area contributed by atoms with Crippen LogP contribution in [0.4, 0.5) is 5.69 Å². The minimum atomic E-state index is -3.57. The number of rotatable bonds is 5. The number of hydrogen-bond donors (Lipinski definition) is 1. The van der Waals surface area contributed by atoms with Crippen LogP contribution in [0.2, 0.25) is 0 Å². The smallest absolute Gasteiger partial charge is 0.243 e. The highest BCUT2D eigenvalue weighted by Crippen LogP contribution is 2.20. The fourth-order valence-electron chi connectivity index (χ4n) is 2.33. The fourth-order valence-corrected chi connectivity index (χ4v) is 4.20. The van der Waals surface area contributed by atoms with Crippen molar-refractivity contribution in [3.63, 3.8) is 0 Å². The Balaban J connectivity index is 2.10. The lowest BCUT2D eigenvalue weighted by atomic mass is 10.3. The summed E-state index contributed by atoms with van der Waals surface area (Å²) in [5, 5.41) is 1.30. The van der Waals surface area contributed by atoms with Crippen LogP contribution in [0, 0.1) is 0 Å². The molecule has 0 aliphatic carbocycles. The molecule has 0 radical (unpaired) electrons. The minimum absolute atomic E-state index is 0.145. The molecule has 8 nitrogen and oxygen atoms in total. The molecule has 1 unspecified atom stereocenters. The summed E-state index contributed by atoms with van der Waals surface area (Å²) < 4.78 is 49.4. The van der Waals surface area contributed by atoms with E-state index in [1.807, 2.05) is 7.05 Å². The lowest BCUT2D eigenvalue weighted by molar-refractivity contribution is -0.115. The zero-order valence-electron chi connectivity index (χ0n) is 14.5. The van der Waals surface area contributed by atoms with E-state index in [9.17, 15) is 21.6 Å². The fraction of sp³-hybridized carbons (Fsp3) is 0.533. The highest BCUT2D eigenvalue weighted by Gasteiger charge is 2.27. The van der Waals surface area contributed by atoms with Gasteiger partial charge in [0.2, 0.25) is 15.9 Å². The number of sulfone groups is 1. The number of carbonyl (C=O) groups is 1. The van der Waals surface area contributed by atoms with Crippen LogP contribution < -0.4 is 5.32 Å². The minimum Gasteiger partial charge on any atom is -0.325 e. The Hall–Kier alpha value is -1.49. The van der Waals surface area contributed by atoms with Gasteiger partial charge in [0.1, 0.15) is 5.25 Å². The van der Waals surface area contributed by atoms with Crippen molar-refractivity contribution in [2.75, 3.05) is 44.8 Å². The van der Waals surface area contributed by atoms with Crippen LogP contribution in [0.5, 0.6) is 0 Å². The van der Waals surface area contributed by atoms with E-state index >= 15 is 0 Å². The number of nitrogens with zero attached hydrogens (tertiary/aromatic N) is 2. The maximum atomic E-state index is 12.6. The third kappa shape index (κ3) is 4.78. The summed E-state index contributed by atoms with van der Waals surface area (Å²) in [5.74, 6) is -0.655. The predicted octanol–water partition coefficient (Wildman–Crippen LogP) is -0.00570. The van der Waals surface area contributed by atoms with Crippen molar-refractivity contribution in [3.05, 3.63) is 24.3 Å². The summed E-state index contributed by atoms with van der Waals surface area (Å²) in [4.78, 5) is 14.1. The molecule has 10 heteroatoms.